The van der Waals surface area contributed by atoms with Gasteiger partial charge in [0.15, 0.2) is 0 Å². The average Bonchev–Trinajstić information content (AvgIpc) is 2.33. The lowest BCUT2D eigenvalue weighted by Gasteiger charge is -2.39. The van der Waals surface area contributed by atoms with Crippen LogP contribution in [0.25, 0.3) is 0 Å². The molecule has 0 aromatic heterocycles. The van der Waals surface area contributed by atoms with Crippen molar-refractivity contribution in [2.45, 2.75) is 39.0 Å². The van der Waals surface area contributed by atoms with Crippen molar-refractivity contribution in [3.63, 3.8) is 0 Å². The van der Waals surface area contributed by atoms with Crippen LogP contribution < -0.4 is 5.32 Å². The van der Waals surface area contributed by atoms with Gasteiger partial charge in [0.05, 0.1) is 5.92 Å². The Hall–Kier alpha value is -1.26. The van der Waals surface area contributed by atoms with Crippen molar-refractivity contribution < 1.29 is 14.7 Å². The molecule has 1 saturated heterocycles. The number of aliphatic carboxylic acids is 1. The summed E-state index contributed by atoms with van der Waals surface area (Å²) < 4.78 is 0. The van der Waals surface area contributed by atoms with Gasteiger partial charge in [-0.3, -0.25) is 4.79 Å². The Morgan fingerprint density at radius 3 is 2.39 bits per heavy atom. The van der Waals surface area contributed by atoms with E-state index in [4.69, 9.17) is 5.11 Å². The van der Waals surface area contributed by atoms with Crippen molar-refractivity contribution in [3.05, 3.63) is 0 Å². The maximum atomic E-state index is 11.9. The van der Waals surface area contributed by atoms with Crippen LogP contribution in [0, 0.1) is 11.3 Å². The third-order valence-electron chi connectivity index (χ3n) is 4.36. The van der Waals surface area contributed by atoms with Crippen LogP contribution >= 0.6 is 0 Å². The summed E-state index contributed by atoms with van der Waals surface area (Å²) in [5.41, 5.74) is 0.287. The lowest BCUT2D eigenvalue weighted by molar-refractivity contribution is -0.143. The topological polar surface area (TPSA) is 69.6 Å². The number of hydrogen-bond acceptors (Lipinski definition) is 2. The normalized spacial score (nSPS) is 23.3. The van der Waals surface area contributed by atoms with Gasteiger partial charge in [-0.25, -0.2) is 4.79 Å². The monoisotopic (exact) mass is 254 g/mol. The van der Waals surface area contributed by atoms with Crippen molar-refractivity contribution in [3.8, 4) is 0 Å². The molecule has 1 heterocycles. The molecule has 0 aromatic rings. The number of amides is 2. The van der Waals surface area contributed by atoms with Crippen LogP contribution in [-0.4, -0.2) is 41.6 Å². The molecule has 1 saturated carbocycles. The lowest BCUT2D eigenvalue weighted by Crippen LogP contribution is -2.49. The van der Waals surface area contributed by atoms with E-state index in [0.29, 0.717) is 25.9 Å². The molecule has 18 heavy (non-hydrogen) atoms. The van der Waals surface area contributed by atoms with E-state index in [2.05, 4.69) is 12.2 Å². The average molecular weight is 254 g/mol. The Balaban J connectivity index is 1.72. The highest BCUT2D eigenvalue weighted by Gasteiger charge is 2.33. The van der Waals surface area contributed by atoms with Crippen LogP contribution in [-0.2, 0) is 4.79 Å². The Kier molecular flexibility index (Phi) is 3.78. The summed E-state index contributed by atoms with van der Waals surface area (Å²) in [4.78, 5) is 24.5. The fourth-order valence-corrected chi connectivity index (χ4v) is 2.69. The first kappa shape index (κ1) is 13.2. The van der Waals surface area contributed by atoms with Crippen LogP contribution in [0.2, 0.25) is 0 Å². The molecule has 2 N–H and O–H groups in total. The van der Waals surface area contributed by atoms with E-state index in [0.717, 1.165) is 6.54 Å². The number of carboxylic acid groups (broad SMARTS) is 1. The van der Waals surface area contributed by atoms with Crippen molar-refractivity contribution in [2.24, 2.45) is 11.3 Å². The van der Waals surface area contributed by atoms with E-state index in [-0.39, 0.29) is 17.4 Å². The second kappa shape index (κ2) is 5.16. The Bertz CT molecular complexity index is 331. The summed E-state index contributed by atoms with van der Waals surface area (Å²) in [6.45, 7) is 4.05. The fraction of sp³-hybridized carbons (Fsp3) is 0.846. The van der Waals surface area contributed by atoms with E-state index in [1.54, 1.807) is 4.90 Å². The van der Waals surface area contributed by atoms with Crippen LogP contribution in [0.4, 0.5) is 4.79 Å². The lowest BCUT2D eigenvalue weighted by atomic mass is 9.70. The van der Waals surface area contributed by atoms with Gasteiger partial charge in [0.25, 0.3) is 0 Å². The maximum absolute atomic E-state index is 11.9. The number of likely N-dealkylation sites (tertiary alicyclic amines) is 1. The van der Waals surface area contributed by atoms with Gasteiger partial charge >= 0.3 is 12.0 Å². The minimum absolute atomic E-state index is 0.0352. The summed E-state index contributed by atoms with van der Waals surface area (Å²) >= 11 is 0. The van der Waals surface area contributed by atoms with Crippen molar-refractivity contribution in [2.75, 3.05) is 19.6 Å². The number of carboxylic acids is 1. The van der Waals surface area contributed by atoms with E-state index >= 15 is 0 Å². The van der Waals surface area contributed by atoms with Gasteiger partial charge in [0.2, 0.25) is 0 Å². The third kappa shape index (κ3) is 2.94. The zero-order valence-electron chi connectivity index (χ0n) is 10.9. The predicted molar refractivity (Wildman–Crippen MR) is 67.3 cm³/mol. The molecule has 2 fully saturated rings. The van der Waals surface area contributed by atoms with Gasteiger partial charge in [-0.2, -0.15) is 0 Å². The van der Waals surface area contributed by atoms with Crippen LogP contribution in [0.5, 0.6) is 0 Å². The quantitative estimate of drug-likeness (QED) is 0.805. The standard InChI is InChI=1S/C13H22N2O3/c1-13(5-2-6-13)9-14-12(18)15-7-3-10(4-8-15)11(16)17/h10H,2-9H2,1H3,(H,14,18)(H,16,17). The van der Waals surface area contributed by atoms with Gasteiger partial charge in [0, 0.05) is 19.6 Å². The van der Waals surface area contributed by atoms with Crippen molar-refractivity contribution in [1.29, 1.82) is 0 Å². The second-order valence-electron chi connectivity index (χ2n) is 5.92. The Morgan fingerprint density at radius 1 is 1.33 bits per heavy atom. The van der Waals surface area contributed by atoms with E-state index in [1.165, 1.54) is 19.3 Å². The molecule has 2 rings (SSSR count). The number of hydrogen-bond donors (Lipinski definition) is 2. The minimum atomic E-state index is -0.739. The van der Waals surface area contributed by atoms with E-state index < -0.39 is 5.97 Å². The Labute approximate surface area is 108 Å². The molecule has 0 atom stereocenters. The first-order valence-corrected chi connectivity index (χ1v) is 6.76. The number of carbonyl (C=O) groups excluding carboxylic acids is 1. The molecule has 2 amide bonds. The molecule has 0 aromatic carbocycles. The number of piperidine rings is 1. The fourth-order valence-electron chi connectivity index (χ4n) is 2.69. The summed E-state index contributed by atoms with van der Waals surface area (Å²) in [7, 11) is 0. The van der Waals surface area contributed by atoms with Crippen LogP contribution in [0.15, 0.2) is 0 Å². The highest BCUT2D eigenvalue weighted by molar-refractivity contribution is 5.75. The summed E-state index contributed by atoms with van der Waals surface area (Å²) in [6.07, 6.45) is 4.78. The number of rotatable bonds is 3. The van der Waals surface area contributed by atoms with E-state index in [9.17, 15) is 9.59 Å². The van der Waals surface area contributed by atoms with Gasteiger partial charge in [-0.15, -0.1) is 0 Å². The first-order valence-electron chi connectivity index (χ1n) is 6.76. The largest absolute Gasteiger partial charge is 0.481 e. The molecule has 5 heteroatoms. The number of nitrogens with zero attached hydrogens (tertiary/aromatic N) is 1. The van der Waals surface area contributed by atoms with Gasteiger partial charge in [-0.05, 0) is 31.1 Å². The van der Waals surface area contributed by atoms with Crippen LogP contribution in [0.1, 0.15) is 39.0 Å². The third-order valence-corrected chi connectivity index (χ3v) is 4.36. The van der Waals surface area contributed by atoms with Crippen molar-refractivity contribution in [1.82, 2.24) is 10.2 Å². The zero-order chi connectivity index (χ0) is 13.2. The van der Waals surface area contributed by atoms with Crippen molar-refractivity contribution >= 4 is 12.0 Å². The van der Waals surface area contributed by atoms with Gasteiger partial charge < -0.3 is 15.3 Å². The molecular weight excluding hydrogens is 232 g/mol. The van der Waals surface area contributed by atoms with Gasteiger partial charge in [-0.1, -0.05) is 13.3 Å². The van der Waals surface area contributed by atoms with Crippen LogP contribution in [0.3, 0.4) is 0 Å². The molecule has 1 aliphatic heterocycles. The molecule has 0 radical (unpaired) electrons. The minimum Gasteiger partial charge on any atom is -0.481 e. The molecule has 5 nitrogen and oxygen atoms in total. The maximum Gasteiger partial charge on any atom is 0.317 e. The van der Waals surface area contributed by atoms with Gasteiger partial charge in [0.1, 0.15) is 0 Å². The number of nitrogens with one attached hydrogen (secondary N) is 1. The molecule has 1 aliphatic carbocycles. The predicted octanol–water partition coefficient (Wildman–Crippen LogP) is 1.68. The smallest absolute Gasteiger partial charge is 0.317 e. The zero-order valence-corrected chi connectivity index (χ0v) is 10.9. The summed E-state index contributed by atoms with van der Waals surface area (Å²) in [5, 5.41) is 11.9. The first-order chi connectivity index (χ1) is 8.50. The highest BCUT2D eigenvalue weighted by atomic mass is 16.4. The molecule has 0 spiro atoms. The molecule has 0 bridgehead atoms. The van der Waals surface area contributed by atoms with E-state index in [1.807, 2.05) is 0 Å². The number of urea groups is 1. The SMILES string of the molecule is CC1(CNC(=O)N2CCC(C(=O)O)CC2)CCC1. The molecule has 2 aliphatic rings. The summed E-state index contributed by atoms with van der Waals surface area (Å²) in [5.74, 6) is -1.02. The highest BCUT2D eigenvalue weighted by Crippen LogP contribution is 2.39. The number of carbonyl (C=O) groups is 2. The molecule has 0 unspecified atom stereocenters. The molecular formula is C13H22N2O3. The Morgan fingerprint density at radius 2 is 1.94 bits per heavy atom. The second-order valence-corrected chi connectivity index (χ2v) is 5.92. The molecule has 102 valence electrons. The summed E-state index contributed by atoms with van der Waals surface area (Å²) in [6, 6.07) is -0.0352.